The van der Waals surface area contributed by atoms with Gasteiger partial charge >= 0.3 is 0 Å². The molecule has 0 bridgehead atoms. The minimum absolute atomic E-state index is 0.0541. The first-order valence-corrected chi connectivity index (χ1v) is 10.0. The lowest BCUT2D eigenvalue weighted by Gasteiger charge is -2.25. The number of Topliss-reactive ketones (excluding diaryl/α,β-unsaturated/α-hetero) is 1. The lowest BCUT2D eigenvalue weighted by Crippen LogP contribution is -2.29. The zero-order valence-corrected chi connectivity index (χ0v) is 17.4. The molecule has 1 amide bonds. The summed E-state index contributed by atoms with van der Waals surface area (Å²) in [7, 11) is 0. The number of hydrogen-bond donors (Lipinski definition) is 1. The van der Waals surface area contributed by atoms with Crippen molar-refractivity contribution in [2.75, 3.05) is 4.90 Å². The molecule has 0 aromatic heterocycles. The summed E-state index contributed by atoms with van der Waals surface area (Å²) >= 11 is 9.39. The van der Waals surface area contributed by atoms with Crippen molar-refractivity contribution in [2.24, 2.45) is 0 Å². The van der Waals surface area contributed by atoms with Gasteiger partial charge in [-0.25, -0.2) is 0 Å². The van der Waals surface area contributed by atoms with Crippen LogP contribution in [0.1, 0.15) is 17.2 Å². The predicted octanol–water partition coefficient (Wildman–Crippen LogP) is 5.73. The first-order valence-electron chi connectivity index (χ1n) is 8.85. The molecule has 29 heavy (non-hydrogen) atoms. The zero-order valence-electron chi connectivity index (χ0n) is 15.0. The molecule has 1 fully saturated rings. The number of aliphatic hydroxyl groups is 1. The molecule has 6 heteroatoms. The van der Waals surface area contributed by atoms with E-state index in [0.717, 1.165) is 4.47 Å². The molecule has 1 atom stereocenters. The topological polar surface area (TPSA) is 57.6 Å². The molecule has 0 radical (unpaired) electrons. The highest BCUT2D eigenvalue weighted by Gasteiger charge is 2.46. The van der Waals surface area contributed by atoms with Gasteiger partial charge in [-0.3, -0.25) is 14.5 Å². The van der Waals surface area contributed by atoms with Crippen LogP contribution in [0.25, 0.3) is 5.76 Å². The van der Waals surface area contributed by atoms with Crippen LogP contribution in [0, 0.1) is 0 Å². The van der Waals surface area contributed by atoms with Gasteiger partial charge in [0.1, 0.15) is 5.76 Å². The van der Waals surface area contributed by atoms with E-state index in [9.17, 15) is 14.7 Å². The van der Waals surface area contributed by atoms with Crippen LogP contribution < -0.4 is 4.90 Å². The second kappa shape index (κ2) is 7.85. The van der Waals surface area contributed by atoms with Gasteiger partial charge in [0, 0.05) is 20.7 Å². The average molecular weight is 469 g/mol. The third-order valence-corrected chi connectivity index (χ3v) is 5.56. The van der Waals surface area contributed by atoms with Crippen LogP contribution in [-0.4, -0.2) is 16.8 Å². The van der Waals surface area contributed by atoms with Crippen LogP contribution in [-0.2, 0) is 9.59 Å². The van der Waals surface area contributed by atoms with Crippen molar-refractivity contribution in [1.29, 1.82) is 0 Å². The van der Waals surface area contributed by atoms with Gasteiger partial charge < -0.3 is 5.11 Å². The number of amides is 1. The highest BCUT2D eigenvalue weighted by atomic mass is 79.9. The van der Waals surface area contributed by atoms with Crippen LogP contribution in [0.15, 0.2) is 88.9 Å². The van der Waals surface area contributed by atoms with Crippen LogP contribution in [0.2, 0.25) is 5.02 Å². The summed E-state index contributed by atoms with van der Waals surface area (Å²) < 4.78 is 0.868. The number of benzene rings is 3. The van der Waals surface area contributed by atoms with Crippen molar-refractivity contribution in [3.8, 4) is 0 Å². The first-order chi connectivity index (χ1) is 14.0. The maximum absolute atomic E-state index is 13.0. The number of hydrogen-bond acceptors (Lipinski definition) is 3. The molecule has 1 N–H and O–H groups in total. The highest BCUT2D eigenvalue weighted by molar-refractivity contribution is 9.10. The molecule has 0 saturated carbocycles. The maximum atomic E-state index is 13.0. The van der Waals surface area contributed by atoms with Crippen LogP contribution in [0.5, 0.6) is 0 Å². The standard InChI is InChI=1S/C23H15BrClNO3/c24-16-8-6-14(7-9-16)20-19(21(27)15-4-2-1-3-5-15)22(28)23(29)26(20)18-12-10-17(25)11-13-18/h1-13,20,27H/b21-19+/t20-/m1/s1. The Balaban J connectivity index is 1.94. The van der Waals surface area contributed by atoms with E-state index in [2.05, 4.69) is 15.9 Å². The van der Waals surface area contributed by atoms with Gasteiger partial charge in [-0.05, 0) is 42.0 Å². The van der Waals surface area contributed by atoms with Gasteiger partial charge in [0.2, 0.25) is 0 Å². The average Bonchev–Trinajstić information content (AvgIpc) is 3.00. The highest BCUT2D eigenvalue weighted by Crippen LogP contribution is 2.42. The van der Waals surface area contributed by atoms with E-state index < -0.39 is 17.7 Å². The number of halogens is 2. The Morgan fingerprint density at radius 1 is 0.897 bits per heavy atom. The number of nitrogens with zero attached hydrogens (tertiary/aromatic N) is 1. The monoisotopic (exact) mass is 467 g/mol. The Labute approximate surface area is 181 Å². The van der Waals surface area contributed by atoms with E-state index in [4.69, 9.17) is 11.6 Å². The maximum Gasteiger partial charge on any atom is 0.300 e. The summed E-state index contributed by atoms with van der Waals surface area (Å²) in [6.07, 6.45) is 0. The van der Waals surface area contributed by atoms with E-state index in [1.807, 2.05) is 30.3 Å². The minimum atomic E-state index is -0.760. The number of carbonyl (C=O) groups is 2. The molecule has 1 aliphatic heterocycles. The fourth-order valence-electron chi connectivity index (χ4n) is 3.41. The van der Waals surface area contributed by atoms with Crippen molar-refractivity contribution in [3.63, 3.8) is 0 Å². The first kappa shape index (κ1) is 19.4. The Hall–Kier alpha value is -2.89. The molecule has 4 rings (SSSR count). The van der Waals surface area contributed by atoms with E-state index in [-0.39, 0.29) is 11.3 Å². The van der Waals surface area contributed by atoms with Gasteiger partial charge in [-0.15, -0.1) is 0 Å². The molecule has 4 nitrogen and oxygen atoms in total. The third kappa shape index (κ3) is 3.59. The SMILES string of the molecule is O=C1C(=O)N(c2ccc(Cl)cc2)[C@H](c2ccc(Br)cc2)/C1=C(\O)c1ccccc1. The molecular formula is C23H15BrClNO3. The molecule has 1 saturated heterocycles. The van der Waals surface area contributed by atoms with E-state index in [1.165, 1.54) is 4.90 Å². The molecule has 1 aliphatic rings. The summed E-state index contributed by atoms with van der Waals surface area (Å²) in [5.41, 5.74) is 1.76. The van der Waals surface area contributed by atoms with Gasteiger partial charge in [-0.1, -0.05) is 70.0 Å². The fourth-order valence-corrected chi connectivity index (χ4v) is 3.80. The van der Waals surface area contributed by atoms with E-state index in [1.54, 1.807) is 48.5 Å². The predicted molar refractivity (Wildman–Crippen MR) is 117 cm³/mol. The number of carbonyl (C=O) groups excluding carboxylic acids is 2. The van der Waals surface area contributed by atoms with Gasteiger partial charge in [-0.2, -0.15) is 0 Å². The fraction of sp³-hybridized carbons (Fsp3) is 0.0435. The molecule has 3 aromatic carbocycles. The Morgan fingerprint density at radius 2 is 1.52 bits per heavy atom. The largest absolute Gasteiger partial charge is 0.507 e. The third-order valence-electron chi connectivity index (χ3n) is 4.78. The zero-order chi connectivity index (χ0) is 20.5. The van der Waals surface area contributed by atoms with E-state index in [0.29, 0.717) is 21.8 Å². The van der Waals surface area contributed by atoms with Crippen LogP contribution in [0.3, 0.4) is 0 Å². The summed E-state index contributed by atoms with van der Waals surface area (Å²) in [5, 5.41) is 11.5. The minimum Gasteiger partial charge on any atom is -0.507 e. The second-order valence-corrected chi connectivity index (χ2v) is 7.92. The van der Waals surface area contributed by atoms with Crippen molar-refractivity contribution in [2.45, 2.75) is 6.04 Å². The van der Waals surface area contributed by atoms with Gasteiger partial charge in [0.25, 0.3) is 11.7 Å². The molecule has 0 aliphatic carbocycles. The normalized spacial score (nSPS) is 18.3. The number of aliphatic hydroxyl groups excluding tert-OH is 1. The lowest BCUT2D eigenvalue weighted by atomic mass is 9.95. The summed E-state index contributed by atoms with van der Waals surface area (Å²) in [4.78, 5) is 27.4. The Kier molecular flexibility index (Phi) is 5.26. The molecule has 144 valence electrons. The van der Waals surface area contributed by atoms with Crippen molar-refractivity contribution in [1.82, 2.24) is 0 Å². The summed E-state index contributed by atoms with van der Waals surface area (Å²) in [6, 6.07) is 22.0. The number of anilines is 1. The van der Waals surface area contributed by atoms with Crippen LogP contribution >= 0.6 is 27.5 Å². The molecule has 0 spiro atoms. The van der Waals surface area contributed by atoms with Crippen molar-refractivity contribution >= 4 is 50.7 Å². The summed E-state index contributed by atoms with van der Waals surface area (Å²) in [5.74, 6) is -1.62. The van der Waals surface area contributed by atoms with E-state index >= 15 is 0 Å². The Bertz CT molecular complexity index is 1110. The summed E-state index contributed by atoms with van der Waals surface area (Å²) in [6.45, 7) is 0. The molecule has 0 unspecified atom stereocenters. The number of rotatable bonds is 3. The van der Waals surface area contributed by atoms with Crippen LogP contribution in [0.4, 0.5) is 5.69 Å². The number of ketones is 1. The molecule has 1 heterocycles. The van der Waals surface area contributed by atoms with Crippen molar-refractivity contribution in [3.05, 3.63) is 105 Å². The lowest BCUT2D eigenvalue weighted by molar-refractivity contribution is -0.132. The molecular weight excluding hydrogens is 454 g/mol. The van der Waals surface area contributed by atoms with Gasteiger partial charge in [0.15, 0.2) is 0 Å². The molecule has 3 aromatic rings. The van der Waals surface area contributed by atoms with Crippen molar-refractivity contribution < 1.29 is 14.7 Å². The smallest absolute Gasteiger partial charge is 0.300 e. The quantitative estimate of drug-likeness (QED) is 0.303. The Morgan fingerprint density at radius 3 is 2.14 bits per heavy atom. The van der Waals surface area contributed by atoms with Gasteiger partial charge in [0.05, 0.1) is 11.6 Å². The second-order valence-electron chi connectivity index (χ2n) is 6.56.